The predicted molar refractivity (Wildman–Crippen MR) is 37.9 cm³/mol. The van der Waals surface area contributed by atoms with Crippen molar-refractivity contribution in [3.63, 3.8) is 0 Å². The van der Waals surface area contributed by atoms with E-state index >= 15 is 0 Å². The molecule has 0 atom stereocenters. The van der Waals surface area contributed by atoms with Crippen molar-refractivity contribution in [3.8, 4) is 0 Å². The van der Waals surface area contributed by atoms with E-state index in [1.54, 1.807) is 6.92 Å². The molecule has 0 aromatic carbocycles. The van der Waals surface area contributed by atoms with Crippen LogP contribution in [0.1, 0.15) is 6.92 Å². The van der Waals surface area contributed by atoms with Crippen molar-refractivity contribution in [2.45, 2.75) is 13.3 Å². The zero-order chi connectivity index (χ0) is 9.19. The fraction of sp³-hybridized carbons (Fsp3) is 0.857. The smallest absolute Gasteiger partial charge is 0.255 e. The summed E-state index contributed by atoms with van der Waals surface area (Å²) in [5, 5.41) is 2.16. The lowest BCUT2D eigenvalue weighted by Crippen LogP contribution is -2.52. The Labute approximate surface area is 69.1 Å². The van der Waals surface area contributed by atoms with Gasteiger partial charge >= 0.3 is 0 Å². The van der Waals surface area contributed by atoms with E-state index in [9.17, 15) is 13.6 Å². The van der Waals surface area contributed by atoms with Crippen LogP contribution < -0.4 is 5.32 Å². The van der Waals surface area contributed by atoms with Crippen molar-refractivity contribution < 1.29 is 18.3 Å². The van der Waals surface area contributed by atoms with Gasteiger partial charge in [-0.1, -0.05) is 0 Å². The van der Waals surface area contributed by atoms with Crippen LogP contribution in [0.5, 0.6) is 0 Å². The summed E-state index contributed by atoms with van der Waals surface area (Å²) in [7, 11) is 0. The topological polar surface area (TPSA) is 38.3 Å². The Kier molecular flexibility index (Phi) is 2.62. The van der Waals surface area contributed by atoms with Gasteiger partial charge in [0.2, 0.25) is 5.91 Å². The zero-order valence-electron chi connectivity index (χ0n) is 6.77. The SMILES string of the molecule is CC1(C(=O)NCC(F)F)COC1. The molecule has 0 aromatic rings. The van der Waals surface area contributed by atoms with Crippen LogP contribution in [0, 0.1) is 5.41 Å². The first-order valence-electron chi connectivity index (χ1n) is 3.69. The summed E-state index contributed by atoms with van der Waals surface area (Å²) in [6.07, 6.45) is -2.49. The van der Waals surface area contributed by atoms with Gasteiger partial charge < -0.3 is 10.1 Å². The maximum Gasteiger partial charge on any atom is 0.255 e. The van der Waals surface area contributed by atoms with E-state index in [-0.39, 0.29) is 5.91 Å². The summed E-state index contributed by atoms with van der Waals surface area (Å²) in [6.45, 7) is 1.76. The number of alkyl halides is 2. The van der Waals surface area contributed by atoms with Crippen LogP contribution in [0.25, 0.3) is 0 Å². The van der Waals surface area contributed by atoms with E-state index in [0.29, 0.717) is 13.2 Å². The number of amides is 1. The van der Waals surface area contributed by atoms with Crippen LogP contribution in [0.15, 0.2) is 0 Å². The molecule has 12 heavy (non-hydrogen) atoms. The number of hydrogen-bond donors (Lipinski definition) is 1. The lowest BCUT2D eigenvalue weighted by Gasteiger charge is -2.36. The summed E-state index contributed by atoms with van der Waals surface area (Å²) >= 11 is 0. The van der Waals surface area contributed by atoms with Crippen LogP contribution in [-0.4, -0.2) is 32.1 Å². The molecule has 5 heteroatoms. The lowest BCUT2D eigenvalue weighted by molar-refractivity contribution is -0.158. The van der Waals surface area contributed by atoms with E-state index in [0.717, 1.165) is 0 Å². The van der Waals surface area contributed by atoms with Crippen LogP contribution >= 0.6 is 0 Å². The number of ether oxygens (including phenoxy) is 1. The summed E-state index contributed by atoms with van der Waals surface area (Å²) in [5.41, 5.74) is -0.588. The first kappa shape index (κ1) is 9.38. The molecule has 0 bridgehead atoms. The Balaban J connectivity index is 2.28. The van der Waals surface area contributed by atoms with E-state index in [1.165, 1.54) is 0 Å². The highest BCUT2D eigenvalue weighted by Gasteiger charge is 2.40. The Morgan fingerprint density at radius 1 is 1.67 bits per heavy atom. The third kappa shape index (κ3) is 1.91. The second kappa shape index (κ2) is 3.35. The highest BCUT2D eigenvalue weighted by atomic mass is 19.3. The van der Waals surface area contributed by atoms with Gasteiger partial charge in [0.25, 0.3) is 6.43 Å². The number of carbonyl (C=O) groups excluding carboxylic acids is 1. The van der Waals surface area contributed by atoms with Gasteiger partial charge in [0, 0.05) is 0 Å². The van der Waals surface area contributed by atoms with Gasteiger partial charge in [0.05, 0.1) is 25.2 Å². The number of halogens is 2. The molecule has 1 aliphatic heterocycles. The first-order valence-corrected chi connectivity index (χ1v) is 3.69. The molecule has 1 aliphatic rings. The fourth-order valence-corrected chi connectivity index (χ4v) is 0.923. The summed E-state index contributed by atoms with van der Waals surface area (Å²) in [6, 6.07) is 0. The van der Waals surface area contributed by atoms with Crippen LogP contribution in [-0.2, 0) is 9.53 Å². The van der Waals surface area contributed by atoms with Crippen molar-refractivity contribution in [1.29, 1.82) is 0 Å². The molecule has 0 unspecified atom stereocenters. The minimum absolute atomic E-state index is 0.321. The average Bonchev–Trinajstić information content (AvgIpc) is 1.95. The minimum Gasteiger partial charge on any atom is -0.379 e. The highest BCUT2D eigenvalue weighted by molar-refractivity contribution is 5.83. The van der Waals surface area contributed by atoms with Gasteiger partial charge in [-0.05, 0) is 6.92 Å². The van der Waals surface area contributed by atoms with Crippen molar-refractivity contribution >= 4 is 5.91 Å². The standard InChI is InChI=1S/C7H11F2NO2/c1-7(3-12-4-7)6(11)10-2-5(8)9/h5H,2-4H2,1H3,(H,10,11). The molecule has 1 rings (SSSR count). The zero-order valence-corrected chi connectivity index (χ0v) is 6.77. The molecule has 1 fully saturated rings. The lowest BCUT2D eigenvalue weighted by atomic mass is 9.88. The van der Waals surface area contributed by atoms with Crippen molar-refractivity contribution in [1.82, 2.24) is 5.32 Å². The van der Waals surface area contributed by atoms with E-state index in [4.69, 9.17) is 4.74 Å². The molecular weight excluding hydrogens is 168 g/mol. The quantitative estimate of drug-likeness (QED) is 0.681. The molecular formula is C7H11F2NO2. The van der Waals surface area contributed by atoms with E-state index < -0.39 is 18.4 Å². The largest absolute Gasteiger partial charge is 0.379 e. The Morgan fingerprint density at radius 3 is 2.58 bits per heavy atom. The first-order chi connectivity index (χ1) is 5.54. The average molecular weight is 179 g/mol. The minimum atomic E-state index is -2.49. The van der Waals surface area contributed by atoms with Crippen LogP contribution in [0.4, 0.5) is 8.78 Å². The van der Waals surface area contributed by atoms with Gasteiger partial charge in [-0.2, -0.15) is 0 Å². The molecule has 0 saturated carbocycles. The Morgan fingerprint density at radius 2 is 2.25 bits per heavy atom. The Bertz CT molecular complexity index is 180. The van der Waals surface area contributed by atoms with Gasteiger partial charge in [-0.3, -0.25) is 4.79 Å². The fourth-order valence-electron chi connectivity index (χ4n) is 0.923. The maximum atomic E-state index is 11.7. The van der Waals surface area contributed by atoms with Gasteiger partial charge in [0.15, 0.2) is 0 Å². The second-order valence-electron chi connectivity index (χ2n) is 3.15. The third-order valence-corrected chi connectivity index (χ3v) is 1.81. The molecule has 1 amide bonds. The second-order valence-corrected chi connectivity index (χ2v) is 3.15. The van der Waals surface area contributed by atoms with Crippen LogP contribution in [0.3, 0.4) is 0 Å². The third-order valence-electron chi connectivity index (χ3n) is 1.81. The maximum absolute atomic E-state index is 11.7. The molecule has 0 aromatic heterocycles. The van der Waals surface area contributed by atoms with E-state index in [2.05, 4.69) is 5.32 Å². The van der Waals surface area contributed by atoms with Crippen molar-refractivity contribution in [3.05, 3.63) is 0 Å². The molecule has 0 spiro atoms. The van der Waals surface area contributed by atoms with Gasteiger partial charge in [0.1, 0.15) is 0 Å². The normalized spacial score (nSPS) is 20.3. The van der Waals surface area contributed by atoms with Crippen molar-refractivity contribution in [2.75, 3.05) is 19.8 Å². The van der Waals surface area contributed by atoms with Gasteiger partial charge in [-0.25, -0.2) is 8.78 Å². The predicted octanol–water partition coefficient (Wildman–Crippen LogP) is 0.404. The molecule has 1 N–H and O–H groups in total. The van der Waals surface area contributed by atoms with Crippen molar-refractivity contribution in [2.24, 2.45) is 5.41 Å². The number of rotatable bonds is 3. The summed E-state index contributed by atoms with van der Waals surface area (Å²) in [4.78, 5) is 11.1. The molecule has 1 saturated heterocycles. The summed E-state index contributed by atoms with van der Waals surface area (Å²) in [5.74, 6) is -0.353. The number of nitrogens with one attached hydrogen (secondary N) is 1. The highest BCUT2D eigenvalue weighted by Crippen LogP contribution is 2.26. The van der Waals surface area contributed by atoms with Gasteiger partial charge in [-0.15, -0.1) is 0 Å². The Hall–Kier alpha value is -0.710. The number of carbonyl (C=O) groups is 1. The van der Waals surface area contributed by atoms with E-state index in [1.807, 2.05) is 0 Å². The number of hydrogen-bond acceptors (Lipinski definition) is 2. The molecule has 70 valence electrons. The summed E-state index contributed by atoms with van der Waals surface area (Å²) < 4.78 is 28.1. The molecule has 1 heterocycles. The molecule has 3 nitrogen and oxygen atoms in total. The molecule has 0 radical (unpaired) electrons. The monoisotopic (exact) mass is 179 g/mol. The molecule has 0 aliphatic carbocycles. The van der Waals surface area contributed by atoms with Crippen LogP contribution in [0.2, 0.25) is 0 Å².